The van der Waals surface area contributed by atoms with E-state index < -0.39 is 84.6 Å². The maximum Gasteiger partial charge on any atom is 0.481 e. The van der Waals surface area contributed by atoms with Crippen LogP contribution in [0.25, 0.3) is 11.2 Å². The van der Waals surface area contributed by atoms with E-state index in [9.17, 15) is 57.9 Å². The molecule has 1 fully saturated rings. The molecule has 0 saturated carbocycles. The first-order valence-corrected chi connectivity index (χ1v) is 20.7. The van der Waals surface area contributed by atoms with E-state index in [2.05, 4.69) is 34.4 Å². The largest absolute Gasteiger partial charge is 0.481 e. The number of amides is 2. The Morgan fingerprint density at radius 2 is 1.77 bits per heavy atom. The Labute approximate surface area is 305 Å². The van der Waals surface area contributed by atoms with Gasteiger partial charge in [0.05, 0.1) is 19.5 Å². The average Bonchev–Trinajstić information content (AvgIpc) is 3.61. The lowest BCUT2D eigenvalue weighted by atomic mass is 9.87. The molecule has 0 spiro atoms. The Balaban J connectivity index is 1.52. The number of nitrogens with one attached hydrogen (secondary N) is 2. The first-order chi connectivity index (χ1) is 24.6. The molecule has 28 heteroatoms. The number of nitrogens with zero attached hydrogens (tertiary/aromatic N) is 4. The standard InChI is InChI=1S/C25H40N7O17P3S/c1-4-5-16(34)53-9-8-27-15(33)6-7-28-23(37)20(36)25(2,3)11-46-52(43,44)49-51(41,42)45-10-14-19(48-50(38,39)40)18(35)24(47-14)32-13-31-17-21(26)29-12-30-22(17)32/h4-5,12-14,18-20,24,35-36H,6-11H2,1-3H3,(H,27,33)(H,28,37)(H,41,42)(H,43,44)(H2,26,29,30)(H2,38,39,40)/t14-,18-,19-,20+,24-/m1/s1. The van der Waals surface area contributed by atoms with Crippen molar-refractivity contribution in [1.82, 2.24) is 30.2 Å². The van der Waals surface area contributed by atoms with Crippen LogP contribution >= 0.6 is 35.2 Å². The van der Waals surface area contributed by atoms with Crippen molar-refractivity contribution >= 4 is 69.1 Å². The van der Waals surface area contributed by atoms with Crippen molar-refractivity contribution in [3.8, 4) is 0 Å². The number of allylic oxidation sites excluding steroid dienone is 1. The van der Waals surface area contributed by atoms with Gasteiger partial charge in [0.15, 0.2) is 17.7 Å². The summed E-state index contributed by atoms with van der Waals surface area (Å²) in [7, 11) is -16.4. The Morgan fingerprint density at radius 3 is 2.43 bits per heavy atom. The molecule has 0 bridgehead atoms. The third-order valence-electron chi connectivity index (χ3n) is 7.05. The number of carbonyl (C=O) groups excluding carboxylic acids is 3. The molecule has 0 radical (unpaired) electrons. The monoisotopic (exact) mass is 835 g/mol. The van der Waals surface area contributed by atoms with Crippen LogP contribution < -0.4 is 16.4 Å². The molecule has 2 aromatic heterocycles. The van der Waals surface area contributed by atoms with E-state index in [1.54, 1.807) is 13.0 Å². The molecule has 53 heavy (non-hydrogen) atoms. The molecule has 1 aliphatic rings. The molecule has 3 rings (SSSR count). The highest BCUT2D eigenvalue weighted by Gasteiger charge is 2.50. The Morgan fingerprint density at radius 1 is 1.09 bits per heavy atom. The molecule has 7 atom stereocenters. The molecule has 2 unspecified atom stereocenters. The summed E-state index contributed by atoms with van der Waals surface area (Å²) in [6, 6.07) is 0. The van der Waals surface area contributed by atoms with Crippen LogP contribution in [0.2, 0.25) is 0 Å². The summed E-state index contributed by atoms with van der Waals surface area (Å²) in [4.78, 5) is 86.7. The van der Waals surface area contributed by atoms with Crippen molar-refractivity contribution in [2.75, 3.05) is 37.8 Å². The van der Waals surface area contributed by atoms with Crippen molar-refractivity contribution < 1.29 is 80.5 Å². The number of nitrogen functional groups attached to an aromatic ring is 1. The van der Waals surface area contributed by atoms with Crippen LogP contribution in [0.4, 0.5) is 5.82 Å². The molecule has 24 nitrogen and oxygen atoms in total. The summed E-state index contributed by atoms with van der Waals surface area (Å²) in [6.45, 7) is 2.17. The number of aliphatic hydroxyl groups excluding tert-OH is 2. The van der Waals surface area contributed by atoms with E-state index in [1.165, 1.54) is 19.9 Å². The van der Waals surface area contributed by atoms with Gasteiger partial charge < -0.3 is 50.9 Å². The third-order valence-corrected chi connectivity index (χ3v) is 11.0. The van der Waals surface area contributed by atoms with Gasteiger partial charge >= 0.3 is 23.5 Å². The molecule has 0 aromatic carbocycles. The second-order valence-electron chi connectivity index (χ2n) is 11.7. The molecule has 1 saturated heterocycles. The van der Waals surface area contributed by atoms with Crippen molar-refractivity contribution in [3.05, 3.63) is 24.8 Å². The number of aromatic nitrogens is 4. The molecular weight excluding hydrogens is 795 g/mol. The summed E-state index contributed by atoms with van der Waals surface area (Å²) in [5, 5.41) is 26.1. The molecule has 0 aliphatic carbocycles. The lowest BCUT2D eigenvalue weighted by Crippen LogP contribution is -2.46. The van der Waals surface area contributed by atoms with Crippen molar-refractivity contribution in [2.45, 2.75) is 57.8 Å². The van der Waals surface area contributed by atoms with Crippen LogP contribution in [-0.4, -0.2) is 123 Å². The zero-order chi connectivity index (χ0) is 39.8. The maximum atomic E-state index is 12.6. The number of anilines is 1. The van der Waals surface area contributed by atoms with E-state index in [-0.39, 0.29) is 41.6 Å². The number of aliphatic hydroxyl groups is 2. The average molecular weight is 836 g/mol. The van der Waals surface area contributed by atoms with Crippen molar-refractivity contribution in [3.63, 3.8) is 0 Å². The van der Waals surface area contributed by atoms with Gasteiger partial charge in [-0.3, -0.25) is 32.5 Å². The summed E-state index contributed by atoms with van der Waals surface area (Å²) >= 11 is 1.01. The highest BCUT2D eigenvalue weighted by Crippen LogP contribution is 2.61. The van der Waals surface area contributed by atoms with Gasteiger partial charge in [0.1, 0.15) is 36.3 Å². The maximum absolute atomic E-state index is 12.6. The van der Waals surface area contributed by atoms with Crippen LogP contribution in [0.5, 0.6) is 0 Å². The lowest BCUT2D eigenvalue weighted by Gasteiger charge is -2.30. The number of nitrogens with two attached hydrogens (primary N) is 1. The van der Waals surface area contributed by atoms with Gasteiger partial charge in [-0.2, -0.15) is 4.31 Å². The van der Waals surface area contributed by atoms with Gasteiger partial charge in [-0.1, -0.05) is 31.7 Å². The highest BCUT2D eigenvalue weighted by atomic mass is 32.2. The fraction of sp³-hybridized carbons (Fsp3) is 0.600. The topological polar surface area (TPSA) is 364 Å². The number of ether oxygens (including phenoxy) is 1. The normalized spacial score (nSPS) is 22.4. The van der Waals surface area contributed by atoms with E-state index in [1.807, 2.05) is 0 Å². The number of imidazole rings is 1. The summed E-state index contributed by atoms with van der Waals surface area (Å²) in [6.07, 6.45) is -3.94. The zero-order valence-electron chi connectivity index (χ0n) is 28.2. The first-order valence-electron chi connectivity index (χ1n) is 15.2. The van der Waals surface area contributed by atoms with E-state index >= 15 is 0 Å². The zero-order valence-corrected chi connectivity index (χ0v) is 31.7. The van der Waals surface area contributed by atoms with Crippen LogP contribution in [-0.2, 0) is 50.7 Å². The predicted octanol–water partition coefficient (Wildman–Crippen LogP) is -0.759. The number of phosphoric ester groups is 3. The number of fused-ring (bicyclic) bond motifs is 1. The lowest BCUT2D eigenvalue weighted by molar-refractivity contribution is -0.137. The van der Waals surface area contributed by atoms with Crippen LogP contribution in [0.3, 0.4) is 0 Å². The minimum atomic E-state index is -5.56. The number of hydrogen-bond donors (Lipinski definition) is 9. The molecule has 10 N–H and O–H groups in total. The third kappa shape index (κ3) is 13.5. The quantitative estimate of drug-likeness (QED) is 0.0449. The number of rotatable bonds is 20. The SMILES string of the molecule is CC=CC(=O)SCCNC(=O)CCNC(=O)[C@H](O)C(C)(C)COP(=O)(O)OP(=O)(O)OC[C@H]1O[C@@H](n2cnc3c(N)ncnc32)[C@H](O)[C@@H]1OP(=O)(O)O. The number of phosphoric acid groups is 3. The van der Waals surface area contributed by atoms with Gasteiger partial charge in [0.25, 0.3) is 0 Å². The van der Waals surface area contributed by atoms with E-state index in [0.717, 1.165) is 29.0 Å². The van der Waals surface area contributed by atoms with E-state index in [0.29, 0.717) is 5.75 Å². The summed E-state index contributed by atoms with van der Waals surface area (Å²) < 4.78 is 61.9. The van der Waals surface area contributed by atoms with Gasteiger partial charge in [0.2, 0.25) is 16.9 Å². The summed E-state index contributed by atoms with van der Waals surface area (Å²) in [5.41, 5.74) is 4.26. The molecule has 3 heterocycles. The fourth-order valence-electron chi connectivity index (χ4n) is 4.47. The van der Waals surface area contributed by atoms with Crippen LogP contribution in [0, 0.1) is 5.41 Å². The number of carbonyl (C=O) groups is 3. The van der Waals surface area contributed by atoms with Crippen molar-refractivity contribution in [2.24, 2.45) is 5.41 Å². The first kappa shape index (κ1) is 44.7. The fourth-order valence-corrected chi connectivity index (χ4v) is 7.93. The Kier molecular flexibility index (Phi) is 15.8. The predicted molar refractivity (Wildman–Crippen MR) is 182 cm³/mol. The molecule has 1 aliphatic heterocycles. The molecule has 2 amide bonds. The van der Waals surface area contributed by atoms with Gasteiger partial charge in [0, 0.05) is 30.7 Å². The molecule has 2 aromatic rings. The van der Waals surface area contributed by atoms with Crippen LogP contribution in [0.15, 0.2) is 24.8 Å². The van der Waals surface area contributed by atoms with Gasteiger partial charge in [-0.15, -0.1) is 0 Å². The minimum Gasteiger partial charge on any atom is -0.386 e. The second-order valence-corrected chi connectivity index (χ2v) is 17.1. The van der Waals surface area contributed by atoms with Gasteiger partial charge in [-0.25, -0.2) is 28.6 Å². The van der Waals surface area contributed by atoms with E-state index in [4.69, 9.17) is 19.5 Å². The van der Waals surface area contributed by atoms with Crippen molar-refractivity contribution in [1.29, 1.82) is 0 Å². The number of hydrogen-bond acceptors (Lipinski definition) is 18. The Hall–Kier alpha value is -2.70. The minimum absolute atomic E-state index is 0.0300. The van der Waals surface area contributed by atoms with Gasteiger partial charge in [-0.05, 0) is 13.0 Å². The van der Waals surface area contributed by atoms with Crippen LogP contribution in [0.1, 0.15) is 33.4 Å². The number of thioether (sulfide) groups is 1. The smallest absolute Gasteiger partial charge is 0.386 e. The Bertz CT molecular complexity index is 1790. The highest BCUT2D eigenvalue weighted by molar-refractivity contribution is 8.14. The molecular formula is C25H40N7O17P3S. The second kappa shape index (κ2) is 18.8. The molecule has 298 valence electrons. The summed E-state index contributed by atoms with van der Waals surface area (Å²) in [5.74, 6) is -1.13.